The van der Waals surface area contributed by atoms with Crippen molar-refractivity contribution in [3.63, 3.8) is 0 Å². The molecule has 0 amide bonds. The van der Waals surface area contributed by atoms with Gasteiger partial charge in [0.15, 0.2) is 17.6 Å². The van der Waals surface area contributed by atoms with E-state index < -0.39 is 30.2 Å². The van der Waals surface area contributed by atoms with Gasteiger partial charge in [0, 0.05) is 18.6 Å². The molecule has 0 fully saturated rings. The summed E-state index contributed by atoms with van der Waals surface area (Å²) in [5.41, 5.74) is 1.41. The Balaban J connectivity index is 1.71. The number of hydrogen-bond donors (Lipinski definition) is 6. The van der Waals surface area contributed by atoms with Gasteiger partial charge in [-0.25, -0.2) is 0 Å². The Morgan fingerprint density at radius 3 is 2.31 bits per heavy atom. The number of aliphatic hydroxyl groups is 2. The van der Waals surface area contributed by atoms with Gasteiger partial charge < -0.3 is 40.1 Å². The van der Waals surface area contributed by atoms with Crippen molar-refractivity contribution in [1.82, 2.24) is 0 Å². The molecule has 0 radical (unpaired) electrons. The first kappa shape index (κ1) is 21.8. The number of phenols is 4. The molecule has 0 aromatic heterocycles. The molecular formula is C24H24O8. The van der Waals surface area contributed by atoms with Crippen LogP contribution >= 0.6 is 0 Å². The van der Waals surface area contributed by atoms with Crippen LogP contribution in [-0.2, 0) is 11.2 Å². The van der Waals surface area contributed by atoms with Crippen molar-refractivity contribution in [3.8, 4) is 28.7 Å². The van der Waals surface area contributed by atoms with Gasteiger partial charge in [0.1, 0.15) is 29.5 Å². The third-order valence-corrected chi connectivity index (χ3v) is 5.44. The lowest BCUT2D eigenvalue weighted by atomic mass is 9.90. The number of hydrogen-bond acceptors (Lipinski definition) is 8. The van der Waals surface area contributed by atoms with Gasteiger partial charge in [0.2, 0.25) is 0 Å². The number of phenolic OH excluding ortho intramolecular Hbond substituents is 4. The van der Waals surface area contributed by atoms with Crippen LogP contribution in [0.5, 0.6) is 28.7 Å². The van der Waals surface area contributed by atoms with E-state index in [1.165, 1.54) is 24.3 Å². The number of aromatic hydroxyl groups is 4. The highest BCUT2D eigenvalue weighted by atomic mass is 16.5. The van der Waals surface area contributed by atoms with Crippen molar-refractivity contribution in [2.24, 2.45) is 0 Å². The van der Waals surface area contributed by atoms with Crippen LogP contribution in [-0.4, -0.2) is 49.5 Å². The minimum absolute atomic E-state index is 0.0896. The molecule has 32 heavy (non-hydrogen) atoms. The normalized spacial score (nSPS) is 20.9. The Bertz CT molecular complexity index is 1080. The molecule has 0 spiro atoms. The molecule has 0 bridgehead atoms. The quantitative estimate of drug-likeness (QED) is 0.322. The van der Waals surface area contributed by atoms with Gasteiger partial charge in [0.05, 0.1) is 18.3 Å². The van der Waals surface area contributed by atoms with E-state index >= 15 is 0 Å². The van der Waals surface area contributed by atoms with E-state index in [0.717, 1.165) is 11.6 Å². The minimum Gasteiger partial charge on any atom is -0.508 e. The maximum Gasteiger partial charge on any atom is 0.157 e. The predicted octanol–water partition coefficient (Wildman–Crippen LogP) is 2.66. The van der Waals surface area contributed by atoms with E-state index in [1.807, 2.05) is 30.3 Å². The Morgan fingerprint density at radius 1 is 0.875 bits per heavy atom. The maximum absolute atomic E-state index is 11.1. The van der Waals surface area contributed by atoms with Gasteiger partial charge >= 0.3 is 0 Å². The number of aliphatic hydroxyl groups excluding tert-OH is 2. The van der Waals surface area contributed by atoms with Gasteiger partial charge in [-0.3, -0.25) is 0 Å². The summed E-state index contributed by atoms with van der Waals surface area (Å²) in [6, 6.07) is 15.8. The zero-order valence-corrected chi connectivity index (χ0v) is 17.0. The lowest BCUT2D eigenvalue weighted by Crippen LogP contribution is -2.38. The van der Waals surface area contributed by atoms with Crippen LogP contribution in [0.1, 0.15) is 28.9 Å². The largest absolute Gasteiger partial charge is 0.508 e. The van der Waals surface area contributed by atoms with Crippen molar-refractivity contribution in [3.05, 3.63) is 77.4 Å². The van der Waals surface area contributed by atoms with Crippen molar-refractivity contribution >= 4 is 0 Å². The van der Waals surface area contributed by atoms with Crippen molar-refractivity contribution in [1.29, 1.82) is 0 Å². The number of ether oxygens (including phenoxy) is 2. The van der Waals surface area contributed by atoms with Gasteiger partial charge in [-0.1, -0.05) is 36.4 Å². The first-order valence-electron chi connectivity index (χ1n) is 10.1. The molecule has 4 atom stereocenters. The summed E-state index contributed by atoms with van der Waals surface area (Å²) in [5.74, 6) is -1.20. The average molecular weight is 440 g/mol. The molecule has 8 nitrogen and oxygen atoms in total. The van der Waals surface area contributed by atoms with Gasteiger partial charge in [-0.05, 0) is 23.3 Å². The molecule has 0 aliphatic carbocycles. The topological polar surface area (TPSA) is 140 Å². The summed E-state index contributed by atoms with van der Waals surface area (Å²) >= 11 is 0. The Kier molecular flexibility index (Phi) is 6.09. The minimum atomic E-state index is -1.34. The van der Waals surface area contributed by atoms with Gasteiger partial charge in [0.25, 0.3) is 0 Å². The second kappa shape index (κ2) is 8.96. The molecule has 1 aliphatic heterocycles. The lowest BCUT2D eigenvalue weighted by Gasteiger charge is -2.38. The molecule has 1 heterocycles. The molecule has 6 N–H and O–H groups in total. The van der Waals surface area contributed by atoms with E-state index in [9.17, 15) is 30.6 Å². The standard InChI is InChI=1S/C24H24O8/c25-12-16(8-13-4-2-1-3-5-13)31-24-21-19(29)10-15(26)11-20(21)32-23(22(24)30)14-6-7-17(27)18(28)9-14/h1-7,9-11,16,22-30H,8,12H2/t16?,22-,23?,24?/m1/s1. The van der Waals surface area contributed by atoms with Crippen LogP contribution in [0.15, 0.2) is 60.7 Å². The number of benzene rings is 3. The van der Waals surface area contributed by atoms with Gasteiger partial charge in [-0.15, -0.1) is 0 Å². The summed E-state index contributed by atoms with van der Waals surface area (Å²) in [4.78, 5) is 0. The second-order valence-electron chi connectivity index (χ2n) is 7.70. The van der Waals surface area contributed by atoms with Crippen LogP contribution in [0.4, 0.5) is 0 Å². The highest BCUT2D eigenvalue weighted by Crippen LogP contribution is 2.49. The van der Waals surface area contributed by atoms with Crippen molar-refractivity contribution in [2.45, 2.75) is 30.8 Å². The first-order valence-corrected chi connectivity index (χ1v) is 10.1. The van der Waals surface area contributed by atoms with Crippen LogP contribution in [0.2, 0.25) is 0 Å². The van der Waals surface area contributed by atoms with Crippen molar-refractivity contribution in [2.75, 3.05) is 6.61 Å². The van der Waals surface area contributed by atoms with Crippen LogP contribution in [0, 0.1) is 0 Å². The van der Waals surface area contributed by atoms with Crippen LogP contribution < -0.4 is 4.74 Å². The molecular weight excluding hydrogens is 416 g/mol. The molecule has 0 saturated heterocycles. The van der Waals surface area contributed by atoms with E-state index in [2.05, 4.69) is 0 Å². The van der Waals surface area contributed by atoms with E-state index in [1.54, 1.807) is 0 Å². The fourth-order valence-corrected chi connectivity index (χ4v) is 3.89. The molecule has 1 aliphatic rings. The summed E-state index contributed by atoms with van der Waals surface area (Å²) in [5, 5.41) is 60.9. The van der Waals surface area contributed by atoms with Crippen LogP contribution in [0.3, 0.4) is 0 Å². The Labute approximate surface area is 184 Å². The molecule has 168 valence electrons. The molecule has 3 unspecified atom stereocenters. The van der Waals surface area contributed by atoms with Crippen LogP contribution in [0.25, 0.3) is 0 Å². The monoisotopic (exact) mass is 440 g/mol. The van der Waals surface area contributed by atoms with Gasteiger partial charge in [-0.2, -0.15) is 0 Å². The fraction of sp³-hybridized carbons (Fsp3) is 0.250. The molecule has 8 heteroatoms. The summed E-state index contributed by atoms with van der Waals surface area (Å²) < 4.78 is 11.9. The van der Waals surface area contributed by atoms with E-state index in [0.29, 0.717) is 12.0 Å². The third-order valence-electron chi connectivity index (χ3n) is 5.44. The predicted molar refractivity (Wildman–Crippen MR) is 114 cm³/mol. The average Bonchev–Trinajstić information content (AvgIpc) is 2.77. The summed E-state index contributed by atoms with van der Waals surface area (Å²) in [6.07, 6.45) is -3.84. The lowest BCUT2D eigenvalue weighted by molar-refractivity contribution is -0.136. The molecule has 0 saturated carbocycles. The fourth-order valence-electron chi connectivity index (χ4n) is 3.89. The third kappa shape index (κ3) is 4.29. The SMILES string of the molecule is OCC(Cc1ccccc1)OC1c2c(O)cc(O)cc2OC(c2ccc(O)c(O)c2)[C@H]1O. The first-order chi connectivity index (χ1) is 15.4. The van der Waals surface area contributed by atoms with E-state index in [-0.39, 0.29) is 35.2 Å². The summed E-state index contributed by atoms with van der Waals surface area (Å²) in [6.45, 7) is -0.336. The highest BCUT2D eigenvalue weighted by molar-refractivity contribution is 5.53. The number of fused-ring (bicyclic) bond motifs is 1. The highest BCUT2D eigenvalue weighted by Gasteiger charge is 2.42. The zero-order chi connectivity index (χ0) is 22.8. The Morgan fingerprint density at radius 2 is 1.62 bits per heavy atom. The van der Waals surface area contributed by atoms with E-state index in [4.69, 9.17) is 9.47 Å². The van der Waals surface area contributed by atoms with Crippen molar-refractivity contribution < 1.29 is 40.1 Å². The smallest absolute Gasteiger partial charge is 0.157 e. The zero-order valence-electron chi connectivity index (χ0n) is 17.0. The summed E-state index contributed by atoms with van der Waals surface area (Å²) in [7, 11) is 0. The maximum atomic E-state index is 11.1. The molecule has 3 aromatic rings. The Hall–Kier alpha value is -3.46. The molecule has 3 aromatic carbocycles. The molecule has 4 rings (SSSR count). The second-order valence-corrected chi connectivity index (χ2v) is 7.70. The number of rotatable bonds is 6.